The Hall–Kier alpha value is -3.50. The van der Waals surface area contributed by atoms with Crippen LogP contribution in [0.25, 0.3) is 11.4 Å². The molecule has 1 aliphatic rings. The highest BCUT2D eigenvalue weighted by molar-refractivity contribution is 5.70. The van der Waals surface area contributed by atoms with Crippen LogP contribution in [0, 0.1) is 18.8 Å². The molecule has 1 saturated carbocycles. The summed E-state index contributed by atoms with van der Waals surface area (Å²) < 4.78 is 9.67. The predicted molar refractivity (Wildman–Crippen MR) is 125 cm³/mol. The average molecular weight is 469 g/mol. The molecule has 0 aliphatic heterocycles. The minimum atomic E-state index is -0.746. The summed E-state index contributed by atoms with van der Waals surface area (Å²) in [7, 11) is 1.84. The SMILES string of the molecule is Cc1nc(-c2nnn(C)c2CNc2cn(CC(C)C)nn2)ccc1OC1CCC[C@H](C(=O)O)C1. The van der Waals surface area contributed by atoms with E-state index in [1.807, 2.05) is 37.0 Å². The first-order chi connectivity index (χ1) is 16.3. The Morgan fingerprint density at radius 3 is 2.82 bits per heavy atom. The van der Waals surface area contributed by atoms with E-state index in [1.165, 1.54) is 0 Å². The van der Waals surface area contributed by atoms with E-state index in [4.69, 9.17) is 9.72 Å². The van der Waals surface area contributed by atoms with Gasteiger partial charge in [-0.25, -0.2) is 9.67 Å². The Morgan fingerprint density at radius 1 is 1.26 bits per heavy atom. The summed E-state index contributed by atoms with van der Waals surface area (Å²) in [6, 6.07) is 3.75. The van der Waals surface area contributed by atoms with Crippen LogP contribution in [0.3, 0.4) is 0 Å². The number of carboxylic acid groups (broad SMARTS) is 1. The molecule has 0 aromatic carbocycles. The molecule has 3 aromatic heterocycles. The van der Waals surface area contributed by atoms with Gasteiger partial charge in [0.2, 0.25) is 0 Å². The molecular formula is C23H32N8O3. The Labute approximate surface area is 198 Å². The highest BCUT2D eigenvalue weighted by atomic mass is 16.5. The van der Waals surface area contributed by atoms with Crippen molar-refractivity contribution in [2.75, 3.05) is 5.32 Å². The Morgan fingerprint density at radius 2 is 2.09 bits per heavy atom. The van der Waals surface area contributed by atoms with E-state index in [9.17, 15) is 9.90 Å². The smallest absolute Gasteiger partial charge is 0.306 e. The van der Waals surface area contributed by atoms with Crippen LogP contribution in [0.4, 0.5) is 5.82 Å². The molecule has 34 heavy (non-hydrogen) atoms. The molecular weight excluding hydrogens is 436 g/mol. The maximum Gasteiger partial charge on any atom is 0.306 e. The summed E-state index contributed by atoms with van der Waals surface area (Å²) in [6.45, 7) is 7.43. The fraction of sp³-hybridized carbons (Fsp3) is 0.565. The molecule has 0 bridgehead atoms. The number of hydrogen-bond donors (Lipinski definition) is 2. The molecule has 1 unspecified atom stereocenters. The lowest BCUT2D eigenvalue weighted by molar-refractivity contribution is -0.143. The second-order valence-corrected chi connectivity index (χ2v) is 9.30. The number of pyridine rings is 1. The Kier molecular flexibility index (Phi) is 7.09. The third kappa shape index (κ3) is 5.52. The maximum absolute atomic E-state index is 11.3. The number of carboxylic acids is 1. The summed E-state index contributed by atoms with van der Waals surface area (Å²) >= 11 is 0. The van der Waals surface area contributed by atoms with Gasteiger partial charge < -0.3 is 15.2 Å². The third-order valence-electron chi connectivity index (χ3n) is 6.02. The molecule has 3 heterocycles. The molecule has 0 radical (unpaired) electrons. The molecule has 0 saturated heterocycles. The predicted octanol–water partition coefficient (Wildman–Crippen LogP) is 3.07. The summed E-state index contributed by atoms with van der Waals surface area (Å²) in [6.07, 6.45) is 4.72. The van der Waals surface area contributed by atoms with Gasteiger partial charge in [0.05, 0.1) is 41.8 Å². The van der Waals surface area contributed by atoms with Crippen LogP contribution in [-0.2, 0) is 24.9 Å². The minimum Gasteiger partial charge on any atom is -0.489 e. The van der Waals surface area contributed by atoms with Crippen LogP contribution in [-0.4, -0.2) is 52.2 Å². The molecule has 0 spiro atoms. The number of carbonyl (C=O) groups is 1. The lowest BCUT2D eigenvalue weighted by Gasteiger charge is -2.27. The summed E-state index contributed by atoms with van der Waals surface area (Å²) in [5.74, 6) is 0.760. The molecule has 2 atom stereocenters. The second kappa shape index (κ2) is 10.2. The number of aromatic nitrogens is 7. The quantitative estimate of drug-likeness (QED) is 0.486. The second-order valence-electron chi connectivity index (χ2n) is 9.30. The van der Waals surface area contributed by atoms with Crippen molar-refractivity contribution in [3.8, 4) is 17.1 Å². The van der Waals surface area contributed by atoms with Gasteiger partial charge in [0.25, 0.3) is 0 Å². The number of rotatable bonds is 9. The van der Waals surface area contributed by atoms with Crippen molar-refractivity contribution in [1.29, 1.82) is 0 Å². The van der Waals surface area contributed by atoms with Crippen LogP contribution >= 0.6 is 0 Å². The van der Waals surface area contributed by atoms with Gasteiger partial charge >= 0.3 is 5.97 Å². The molecule has 1 fully saturated rings. The van der Waals surface area contributed by atoms with Gasteiger partial charge in [-0.1, -0.05) is 24.3 Å². The van der Waals surface area contributed by atoms with E-state index >= 15 is 0 Å². The monoisotopic (exact) mass is 468 g/mol. The first-order valence-corrected chi connectivity index (χ1v) is 11.7. The fourth-order valence-electron chi connectivity index (χ4n) is 4.25. The Bertz CT molecular complexity index is 1140. The van der Waals surface area contributed by atoms with E-state index in [2.05, 4.69) is 39.8 Å². The van der Waals surface area contributed by atoms with Gasteiger partial charge in [-0.15, -0.1) is 10.2 Å². The highest BCUT2D eigenvalue weighted by Gasteiger charge is 2.28. The summed E-state index contributed by atoms with van der Waals surface area (Å²) in [5, 5.41) is 29.4. The molecule has 11 nitrogen and oxygen atoms in total. The molecule has 0 amide bonds. The number of nitrogens with zero attached hydrogens (tertiary/aromatic N) is 7. The number of aliphatic carboxylic acids is 1. The van der Waals surface area contributed by atoms with Gasteiger partial charge in [0.15, 0.2) is 5.82 Å². The zero-order chi connectivity index (χ0) is 24.2. The fourth-order valence-corrected chi connectivity index (χ4v) is 4.25. The lowest BCUT2D eigenvalue weighted by atomic mass is 9.87. The molecule has 3 aromatic rings. The zero-order valence-electron chi connectivity index (χ0n) is 20.1. The van der Waals surface area contributed by atoms with Gasteiger partial charge in [0.1, 0.15) is 11.4 Å². The normalized spacial score (nSPS) is 18.3. The zero-order valence-corrected chi connectivity index (χ0v) is 20.1. The van der Waals surface area contributed by atoms with E-state index in [0.717, 1.165) is 30.8 Å². The minimum absolute atomic E-state index is 0.110. The molecule has 1 aliphatic carbocycles. The van der Waals surface area contributed by atoms with Crippen molar-refractivity contribution in [3.05, 3.63) is 29.7 Å². The number of nitrogens with one attached hydrogen (secondary N) is 1. The van der Waals surface area contributed by atoms with Crippen molar-refractivity contribution in [2.45, 2.75) is 65.6 Å². The van der Waals surface area contributed by atoms with E-state index < -0.39 is 5.97 Å². The third-order valence-corrected chi connectivity index (χ3v) is 6.02. The number of aryl methyl sites for hydroxylation is 2. The standard InChI is InChI=1S/C23H32N8O3/c1-14(2)12-31-13-21(26-29-31)24-11-19-22(27-28-30(19)4)18-8-9-20(15(3)25-18)34-17-7-5-6-16(10-17)23(32)33/h8-9,13-14,16-17,24H,5-7,10-12H2,1-4H3,(H,32,33)/t16-,17?/m0/s1. The first-order valence-electron chi connectivity index (χ1n) is 11.7. The molecule has 2 N–H and O–H groups in total. The highest BCUT2D eigenvalue weighted by Crippen LogP contribution is 2.30. The number of hydrogen-bond acceptors (Lipinski definition) is 8. The summed E-state index contributed by atoms with van der Waals surface area (Å²) in [4.78, 5) is 16.1. The topological polar surface area (TPSA) is 133 Å². The Balaban J connectivity index is 1.45. The van der Waals surface area contributed by atoms with Crippen LogP contribution in [0.2, 0.25) is 0 Å². The van der Waals surface area contributed by atoms with E-state index in [0.29, 0.717) is 48.3 Å². The van der Waals surface area contributed by atoms with Gasteiger partial charge in [-0.3, -0.25) is 9.48 Å². The van der Waals surface area contributed by atoms with Crippen LogP contribution < -0.4 is 10.1 Å². The van der Waals surface area contributed by atoms with Crippen LogP contribution in [0.5, 0.6) is 5.75 Å². The van der Waals surface area contributed by atoms with Crippen LogP contribution in [0.1, 0.15) is 50.9 Å². The molecule has 11 heteroatoms. The average Bonchev–Trinajstić information content (AvgIpc) is 3.39. The lowest BCUT2D eigenvalue weighted by Crippen LogP contribution is -2.29. The van der Waals surface area contributed by atoms with Gasteiger partial charge in [-0.05, 0) is 50.7 Å². The first kappa shape index (κ1) is 23.7. The number of anilines is 1. The number of ether oxygens (including phenoxy) is 1. The van der Waals surface area contributed by atoms with Crippen LogP contribution in [0.15, 0.2) is 18.3 Å². The van der Waals surface area contributed by atoms with Crippen molar-refractivity contribution in [2.24, 2.45) is 18.9 Å². The van der Waals surface area contributed by atoms with Crippen molar-refractivity contribution in [1.82, 2.24) is 35.0 Å². The van der Waals surface area contributed by atoms with Gasteiger partial charge in [-0.2, -0.15) is 0 Å². The van der Waals surface area contributed by atoms with Crippen molar-refractivity contribution in [3.63, 3.8) is 0 Å². The van der Waals surface area contributed by atoms with Gasteiger partial charge in [0, 0.05) is 13.6 Å². The molecule has 4 rings (SSSR count). The molecule has 182 valence electrons. The maximum atomic E-state index is 11.3. The van der Waals surface area contributed by atoms with Crippen molar-refractivity contribution >= 4 is 11.8 Å². The summed E-state index contributed by atoms with van der Waals surface area (Å²) in [5.41, 5.74) is 2.99. The van der Waals surface area contributed by atoms with E-state index in [1.54, 1.807) is 4.68 Å². The largest absolute Gasteiger partial charge is 0.489 e. The van der Waals surface area contributed by atoms with E-state index in [-0.39, 0.29) is 12.0 Å². The van der Waals surface area contributed by atoms with Crippen molar-refractivity contribution < 1.29 is 14.6 Å².